The van der Waals surface area contributed by atoms with Crippen LogP contribution in [-0.4, -0.2) is 61.1 Å². The lowest BCUT2D eigenvalue weighted by Gasteiger charge is -2.15. The van der Waals surface area contributed by atoms with Gasteiger partial charge in [0, 0.05) is 39.2 Å². The molecule has 0 spiro atoms. The maximum Gasteiger partial charge on any atom is 0.251 e. The van der Waals surface area contributed by atoms with Crippen LogP contribution in [0.4, 0.5) is 0 Å². The number of aromatic nitrogens is 3. The number of ether oxygens (including phenoxy) is 1. The first-order valence-electron chi connectivity index (χ1n) is 8.25. The van der Waals surface area contributed by atoms with Gasteiger partial charge in [0.2, 0.25) is 10.0 Å². The molecule has 148 valence electrons. The topological polar surface area (TPSA) is 109 Å². The Morgan fingerprint density at radius 1 is 1.41 bits per heavy atom. The molecule has 1 heterocycles. The smallest absolute Gasteiger partial charge is 0.251 e. The van der Waals surface area contributed by atoms with Crippen molar-refractivity contribution in [3.63, 3.8) is 0 Å². The molecule has 1 amide bonds. The van der Waals surface area contributed by atoms with Crippen molar-refractivity contribution in [1.29, 1.82) is 0 Å². The average Bonchev–Trinajstić information content (AvgIpc) is 3.00. The van der Waals surface area contributed by atoms with Crippen LogP contribution in [0.5, 0.6) is 5.75 Å². The van der Waals surface area contributed by atoms with E-state index in [0.717, 1.165) is 10.1 Å². The molecule has 0 saturated carbocycles. The van der Waals surface area contributed by atoms with Crippen LogP contribution in [0.3, 0.4) is 0 Å². The summed E-state index contributed by atoms with van der Waals surface area (Å²) in [4.78, 5) is 12.4. The van der Waals surface area contributed by atoms with Crippen molar-refractivity contribution >= 4 is 28.1 Å². The van der Waals surface area contributed by atoms with Gasteiger partial charge in [-0.2, -0.15) is 5.10 Å². The minimum Gasteiger partial charge on any atom is -0.495 e. The summed E-state index contributed by atoms with van der Waals surface area (Å²) in [6.07, 6.45) is 0.492. The van der Waals surface area contributed by atoms with Gasteiger partial charge in [-0.05, 0) is 37.3 Å². The van der Waals surface area contributed by atoms with Crippen LogP contribution in [0.25, 0.3) is 0 Å². The number of benzene rings is 1. The first kappa shape index (κ1) is 21.1. The fourth-order valence-corrected chi connectivity index (χ4v) is 3.83. The van der Waals surface area contributed by atoms with Gasteiger partial charge in [-0.3, -0.25) is 9.89 Å². The number of nitrogens with one attached hydrogen (secondary N) is 2. The standard InChI is InChI=1S/C16H23N5O4S2/c1-5-21-14(18-19-16(21)26)8-9-17-15(22)11-6-7-12(25-4)13(10-11)27(23,24)20(2)3/h6-7,10H,5,8-9H2,1-4H3,(H,17,22)(H,19,26). The number of sulfonamides is 1. The summed E-state index contributed by atoms with van der Waals surface area (Å²) in [5, 5.41) is 9.62. The Labute approximate surface area is 163 Å². The Balaban J connectivity index is 2.16. The number of amides is 1. The van der Waals surface area contributed by atoms with Gasteiger partial charge in [0.05, 0.1) is 7.11 Å². The van der Waals surface area contributed by atoms with Gasteiger partial charge in [0.15, 0.2) is 4.77 Å². The minimum atomic E-state index is -3.75. The summed E-state index contributed by atoms with van der Waals surface area (Å²) in [6.45, 7) is 2.97. The number of nitrogens with zero attached hydrogens (tertiary/aromatic N) is 3. The van der Waals surface area contributed by atoms with Gasteiger partial charge in [0.25, 0.3) is 5.91 Å². The monoisotopic (exact) mass is 413 g/mol. The normalized spacial score (nSPS) is 11.6. The molecule has 2 aromatic rings. The van der Waals surface area contributed by atoms with Crippen LogP contribution in [0.2, 0.25) is 0 Å². The van der Waals surface area contributed by atoms with Crippen molar-refractivity contribution in [1.82, 2.24) is 24.4 Å². The predicted octanol–water partition coefficient (Wildman–Crippen LogP) is 1.19. The number of rotatable bonds is 8. The highest BCUT2D eigenvalue weighted by molar-refractivity contribution is 7.89. The second kappa shape index (κ2) is 8.63. The Morgan fingerprint density at radius 2 is 2.11 bits per heavy atom. The van der Waals surface area contributed by atoms with E-state index >= 15 is 0 Å². The fourth-order valence-electron chi connectivity index (χ4n) is 2.47. The zero-order chi connectivity index (χ0) is 20.2. The Bertz CT molecular complexity index is 979. The van der Waals surface area contributed by atoms with Crippen LogP contribution in [0.1, 0.15) is 23.1 Å². The summed E-state index contributed by atoms with van der Waals surface area (Å²) >= 11 is 5.13. The molecule has 0 aliphatic rings. The lowest BCUT2D eigenvalue weighted by atomic mass is 10.2. The quantitative estimate of drug-likeness (QED) is 0.629. The van der Waals surface area contributed by atoms with E-state index in [9.17, 15) is 13.2 Å². The van der Waals surface area contributed by atoms with Crippen molar-refractivity contribution in [3.05, 3.63) is 34.4 Å². The Hall–Kier alpha value is -2.24. The first-order chi connectivity index (χ1) is 12.7. The highest BCUT2D eigenvalue weighted by Crippen LogP contribution is 2.26. The van der Waals surface area contributed by atoms with E-state index in [1.165, 1.54) is 39.4 Å². The second-order valence-corrected chi connectivity index (χ2v) is 8.36. The molecule has 0 aliphatic carbocycles. The minimum absolute atomic E-state index is 0.0606. The van der Waals surface area contributed by atoms with Crippen molar-refractivity contribution in [2.45, 2.75) is 24.8 Å². The second-order valence-electron chi connectivity index (χ2n) is 5.85. The van der Waals surface area contributed by atoms with E-state index in [4.69, 9.17) is 17.0 Å². The van der Waals surface area contributed by atoms with Gasteiger partial charge in [-0.1, -0.05) is 0 Å². The molecular formula is C16H23N5O4S2. The summed E-state index contributed by atoms with van der Waals surface area (Å²) in [5.41, 5.74) is 0.227. The molecule has 1 aromatic heterocycles. The molecule has 0 unspecified atom stereocenters. The highest BCUT2D eigenvalue weighted by Gasteiger charge is 2.23. The van der Waals surface area contributed by atoms with E-state index in [1.54, 1.807) is 0 Å². The highest BCUT2D eigenvalue weighted by atomic mass is 32.2. The number of carbonyl (C=O) groups is 1. The van der Waals surface area contributed by atoms with Crippen LogP contribution >= 0.6 is 12.2 Å². The molecule has 9 nitrogen and oxygen atoms in total. The summed E-state index contributed by atoms with van der Waals surface area (Å²) < 4.78 is 33.5. The van der Waals surface area contributed by atoms with Crippen molar-refractivity contribution < 1.29 is 17.9 Å². The molecule has 2 N–H and O–H groups in total. The SMILES string of the molecule is CCn1c(CCNC(=O)c2ccc(OC)c(S(=O)(=O)N(C)C)c2)n[nH]c1=S. The van der Waals surface area contributed by atoms with E-state index in [-0.39, 0.29) is 22.1 Å². The molecule has 0 saturated heterocycles. The number of methoxy groups -OCH3 is 1. The molecule has 0 fully saturated rings. The fraction of sp³-hybridized carbons (Fsp3) is 0.438. The van der Waals surface area contributed by atoms with Crippen LogP contribution in [0, 0.1) is 4.77 Å². The van der Waals surface area contributed by atoms with Crippen molar-refractivity contribution in [3.8, 4) is 5.75 Å². The number of hydrogen-bond acceptors (Lipinski definition) is 6. The van der Waals surface area contributed by atoms with E-state index < -0.39 is 10.0 Å². The van der Waals surface area contributed by atoms with E-state index in [1.807, 2.05) is 11.5 Å². The summed E-state index contributed by atoms with van der Waals surface area (Å²) in [7, 11) is 0.470. The third kappa shape index (κ3) is 4.54. The molecule has 0 aliphatic heterocycles. The largest absolute Gasteiger partial charge is 0.495 e. The maximum atomic E-state index is 12.4. The van der Waals surface area contributed by atoms with Crippen LogP contribution in [-0.2, 0) is 23.0 Å². The van der Waals surface area contributed by atoms with Gasteiger partial charge >= 0.3 is 0 Å². The number of hydrogen-bond donors (Lipinski definition) is 2. The number of H-pyrrole nitrogens is 1. The van der Waals surface area contributed by atoms with E-state index in [2.05, 4.69) is 15.5 Å². The van der Waals surface area contributed by atoms with Gasteiger partial charge in [-0.25, -0.2) is 12.7 Å². The third-order valence-electron chi connectivity index (χ3n) is 3.97. The zero-order valence-electron chi connectivity index (χ0n) is 15.6. The van der Waals surface area contributed by atoms with Gasteiger partial charge in [0.1, 0.15) is 16.5 Å². The predicted molar refractivity (Wildman–Crippen MR) is 103 cm³/mol. The van der Waals surface area contributed by atoms with Crippen LogP contribution < -0.4 is 10.1 Å². The average molecular weight is 414 g/mol. The van der Waals surface area contributed by atoms with Crippen LogP contribution in [0.15, 0.2) is 23.1 Å². The first-order valence-corrected chi connectivity index (χ1v) is 10.1. The Kier molecular flexibility index (Phi) is 6.73. The maximum absolute atomic E-state index is 12.4. The molecular weight excluding hydrogens is 390 g/mol. The Morgan fingerprint density at radius 3 is 2.70 bits per heavy atom. The molecule has 11 heteroatoms. The van der Waals surface area contributed by atoms with Gasteiger partial charge < -0.3 is 14.6 Å². The van der Waals surface area contributed by atoms with Gasteiger partial charge in [-0.15, -0.1) is 0 Å². The molecule has 27 heavy (non-hydrogen) atoms. The lowest BCUT2D eigenvalue weighted by Crippen LogP contribution is -2.27. The molecule has 1 aromatic carbocycles. The molecule has 2 rings (SSSR count). The summed E-state index contributed by atoms with van der Waals surface area (Å²) in [5.74, 6) is 0.539. The van der Waals surface area contributed by atoms with E-state index in [0.29, 0.717) is 24.3 Å². The molecule has 0 bridgehead atoms. The molecule has 0 radical (unpaired) electrons. The summed E-state index contributed by atoms with van der Waals surface area (Å²) in [6, 6.07) is 4.30. The number of aromatic amines is 1. The molecule has 0 atom stereocenters. The third-order valence-corrected chi connectivity index (χ3v) is 6.12. The zero-order valence-corrected chi connectivity index (χ0v) is 17.3. The van der Waals surface area contributed by atoms with Crippen molar-refractivity contribution in [2.24, 2.45) is 0 Å². The lowest BCUT2D eigenvalue weighted by molar-refractivity contribution is 0.0953. The van der Waals surface area contributed by atoms with Crippen molar-refractivity contribution in [2.75, 3.05) is 27.7 Å². The number of carbonyl (C=O) groups excluding carboxylic acids is 1.